The molecule has 5 heteroatoms. The van der Waals surface area contributed by atoms with Crippen LogP contribution in [0.1, 0.15) is 12.8 Å². The summed E-state index contributed by atoms with van der Waals surface area (Å²) < 4.78 is -0.553. The molecule has 0 saturated heterocycles. The summed E-state index contributed by atoms with van der Waals surface area (Å²) >= 11 is 18.1. The van der Waals surface area contributed by atoms with E-state index < -0.39 is 18.9 Å². The standard InChI is InChI=1S/C28H25Cl2P2.Pd/c29-27(31(23-13-5-1-6-14-23)24-15-7-2-8-16-24)21-22-28(30)32(25-17-9-3-10-18-25)26-19-11-4-12-20-26;/h1-20,27H,21-22H2;. The molecule has 0 bridgehead atoms. The van der Waals surface area contributed by atoms with Gasteiger partial charge in [-0.15, -0.1) is 0 Å². The molecule has 0 saturated carbocycles. The fourth-order valence-corrected chi connectivity index (χ4v) is 11.4. The van der Waals surface area contributed by atoms with Crippen LogP contribution in [0.25, 0.3) is 0 Å². The van der Waals surface area contributed by atoms with Crippen molar-refractivity contribution in [1.29, 1.82) is 0 Å². The summed E-state index contributed by atoms with van der Waals surface area (Å²) in [5.74, 6) is 0. The summed E-state index contributed by atoms with van der Waals surface area (Å²) in [4.78, 5) is 0. The van der Waals surface area contributed by atoms with Gasteiger partial charge < -0.3 is 0 Å². The van der Waals surface area contributed by atoms with Gasteiger partial charge in [-0.1, -0.05) is 0 Å². The molecule has 0 heterocycles. The van der Waals surface area contributed by atoms with Crippen LogP contribution < -0.4 is 21.2 Å². The van der Waals surface area contributed by atoms with Crippen molar-refractivity contribution in [2.24, 2.45) is 0 Å². The summed E-state index contributed by atoms with van der Waals surface area (Å²) in [5.41, 5.74) is 0. The van der Waals surface area contributed by atoms with Gasteiger partial charge in [0.2, 0.25) is 0 Å². The first-order valence-electron chi connectivity index (χ1n) is 10.8. The first-order chi connectivity index (χ1) is 16.1. The zero-order valence-electron chi connectivity index (χ0n) is 18.0. The minimum atomic E-state index is -0.805. The van der Waals surface area contributed by atoms with Gasteiger partial charge >= 0.3 is 222 Å². The molecule has 0 aromatic heterocycles. The molecular formula is C28H25Cl2P2Pd. The van der Waals surface area contributed by atoms with Gasteiger partial charge in [0.25, 0.3) is 0 Å². The Labute approximate surface area is 220 Å². The van der Waals surface area contributed by atoms with Gasteiger partial charge in [0.1, 0.15) is 0 Å². The van der Waals surface area contributed by atoms with Crippen LogP contribution in [0.3, 0.4) is 0 Å². The van der Waals surface area contributed by atoms with Crippen LogP contribution in [0.5, 0.6) is 0 Å². The second-order valence-electron chi connectivity index (χ2n) is 7.64. The Kier molecular flexibility index (Phi) is 9.20. The molecule has 0 amide bonds. The van der Waals surface area contributed by atoms with Crippen molar-refractivity contribution < 1.29 is 19.2 Å². The van der Waals surface area contributed by atoms with Crippen molar-refractivity contribution in [3.63, 3.8) is 0 Å². The van der Waals surface area contributed by atoms with Crippen molar-refractivity contribution in [1.82, 2.24) is 0 Å². The normalized spacial score (nSPS) is 14.2. The van der Waals surface area contributed by atoms with E-state index in [9.17, 15) is 0 Å². The molecule has 2 unspecified atom stereocenters. The SMILES string of the molecule is ClC(CC[C](Cl)([Pd])P(c1ccccc1)c1ccccc1)P(c1ccccc1)c1ccccc1. The summed E-state index contributed by atoms with van der Waals surface area (Å²) in [7, 11) is -1.50. The molecule has 33 heavy (non-hydrogen) atoms. The molecule has 0 spiro atoms. The summed E-state index contributed by atoms with van der Waals surface area (Å²) in [6.07, 6.45) is 1.60. The third-order valence-corrected chi connectivity index (χ3v) is 13.3. The number of rotatable bonds is 9. The Morgan fingerprint density at radius 3 is 1.30 bits per heavy atom. The quantitative estimate of drug-likeness (QED) is 0.110. The van der Waals surface area contributed by atoms with Crippen LogP contribution in [-0.2, 0) is 19.2 Å². The molecule has 0 N–H and O–H groups in total. The monoisotopic (exact) mass is 599 g/mol. The number of halogens is 2. The van der Waals surface area contributed by atoms with Gasteiger partial charge in [0.05, 0.1) is 0 Å². The van der Waals surface area contributed by atoms with E-state index in [4.69, 9.17) is 23.2 Å². The minimum absolute atomic E-state index is 0.0182. The number of alkyl halides is 2. The molecule has 4 rings (SSSR count). The van der Waals surface area contributed by atoms with Crippen molar-refractivity contribution in [2.75, 3.05) is 0 Å². The van der Waals surface area contributed by atoms with Crippen molar-refractivity contribution in [3.05, 3.63) is 121 Å². The van der Waals surface area contributed by atoms with E-state index in [0.717, 1.165) is 12.8 Å². The van der Waals surface area contributed by atoms with Gasteiger partial charge in [0, 0.05) is 0 Å². The summed E-state index contributed by atoms with van der Waals surface area (Å²) in [6.45, 7) is 0. The van der Waals surface area contributed by atoms with Crippen LogP contribution in [0, 0.1) is 0 Å². The van der Waals surface area contributed by atoms with E-state index in [1.165, 1.54) is 21.2 Å². The van der Waals surface area contributed by atoms with Crippen molar-refractivity contribution >= 4 is 60.3 Å². The predicted molar refractivity (Wildman–Crippen MR) is 146 cm³/mol. The molecule has 0 fully saturated rings. The molecular weight excluding hydrogens is 576 g/mol. The van der Waals surface area contributed by atoms with Gasteiger partial charge in [-0.2, -0.15) is 0 Å². The average molecular weight is 601 g/mol. The van der Waals surface area contributed by atoms with Crippen molar-refractivity contribution in [3.8, 4) is 0 Å². The topological polar surface area (TPSA) is 0 Å². The second-order valence-corrected chi connectivity index (χ2v) is 16.6. The first-order valence-corrected chi connectivity index (χ1v) is 15.2. The molecule has 0 nitrogen and oxygen atoms in total. The van der Waals surface area contributed by atoms with Gasteiger partial charge in [-0.3, -0.25) is 0 Å². The molecule has 0 aliphatic rings. The van der Waals surface area contributed by atoms with Crippen LogP contribution in [-0.4, -0.2) is 8.21 Å². The molecule has 0 aliphatic carbocycles. The van der Waals surface area contributed by atoms with Gasteiger partial charge in [-0.25, -0.2) is 0 Å². The summed E-state index contributed by atoms with van der Waals surface area (Å²) in [5, 5.41) is 5.10. The molecule has 0 aliphatic heterocycles. The maximum atomic E-state index is 7.32. The summed E-state index contributed by atoms with van der Waals surface area (Å²) in [6, 6.07) is 42.5. The molecule has 4 aromatic carbocycles. The van der Waals surface area contributed by atoms with Crippen molar-refractivity contribution in [2.45, 2.75) is 21.0 Å². The van der Waals surface area contributed by atoms with Crippen LogP contribution in [0.4, 0.5) is 0 Å². The fraction of sp³-hybridized carbons (Fsp3) is 0.143. The molecule has 4 aromatic rings. The zero-order chi connectivity index (χ0) is 23.1. The van der Waals surface area contributed by atoms with E-state index >= 15 is 0 Å². The zero-order valence-corrected chi connectivity index (χ0v) is 22.9. The number of benzene rings is 4. The first kappa shape index (κ1) is 25.1. The van der Waals surface area contributed by atoms with E-state index in [-0.39, 0.29) is 5.12 Å². The Bertz CT molecular complexity index is 1030. The number of hydrogen-bond acceptors (Lipinski definition) is 0. The van der Waals surface area contributed by atoms with Gasteiger partial charge in [-0.05, 0) is 0 Å². The molecule has 171 valence electrons. The molecule has 0 radical (unpaired) electrons. The second kappa shape index (κ2) is 12.1. The maximum absolute atomic E-state index is 7.32. The van der Waals surface area contributed by atoms with Crippen LogP contribution in [0.15, 0.2) is 121 Å². The van der Waals surface area contributed by atoms with Crippen LogP contribution in [0.2, 0.25) is 0 Å². The Morgan fingerprint density at radius 1 is 0.606 bits per heavy atom. The van der Waals surface area contributed by atoms with E-state index in [1.807, 2.05) is 0 Å². The van der Waals surface area contributed by atoms with Gasteiger partial charge in [0.15, 0.2) is 0 Å². The third kappa shape index (κ3) is 6.56. The van der Waals surface area contributed by atoms with Crippen LogP contribution >= 0.6 is 39.0 Å². The third-order valence-electron chi connectivity index (χ3n) is 5.36. The Balaban J connectivity index is 1.60. The predicted octanol–water partition coefficient (Wildman–Crippen LogP) is 7.04. The molecule has 2 atom stereocenters. The Morgan fingerprint density at radius 2 is 0.939 bits per heavy atom. The average Bonchev–Trinajstić information content (AvgIpc) is 2.86. The number of hydrogen-bond donors (Lipinski definition) is 0. The Hall–Kier alpha value is -1.02. The fourth-order valence-electron chi connectivity index (χ4n) is 3.84. The van der Waals surface area contributed by atoms with E-state index in [1.54, 1.807) is 0 Å². The van der Waals surface area contributed by atoms with E-state index in [2.05, 4.69) is 141 Å². The van der Waals surface area contributed by atoms with E-state index in [0.29, 0.717) is 0 Å².